The number of unbranched alkanes of at least 4 members (excludes halogenated alkanes) is 1. The molecule has 4 aromatic rings. The highest BCUT2D eigenvalue weighted by molar-refractivity contribution is 5.96. The zero-order valence-corrected chi connectivity index (χ0v) is 22.7. The van der Waals surface area contributed by atoms with E-state index in [9.17, 15) is 9.59 Å². The van der Waals surface area contributed by atoms with Crippen LogP contribution in [0.3, 0.4) is 0 Å². The van der Waals surface area contributed by atoms with Gasteiger partial charge in [0.05, 0.1) is 11.6 Å². The molecule has 1 aliphatic rings. The van der Waals surface area contributed by atoms with Crippen molar-refractivity contribution in [2.24, 2.45) is 0 Å². The zero-order valence-electron chi connectivity index (χ0n) is 22.7. The Kier molecular flexibility index (Phi) is 8.22. The molecular weight excluding hydrogens is 508 g/mol. The smallest absolute Gasteiger partial charge is 0.404 e. The zero-order chi connectivity index (χ0) is 28.1. The number of anilines is 1. The van der Waals surface area contributed by atoms with Gasteiger partial charge in [-0.2, -0.15) is 5.26 Å². The summed E-state index contributed by atoms with van der Waals surface area (Å²) in [5, 5.41) is 22.0. The number of furan rings is 1. The highest BCUT2D eigenvalue weighted by Gasteiger charge is 2.20. The lowest BCUT2D eigenvalue weighted by molar-refractivity contribution is 0.0766. The summed E-state index contributed by atoms with van der Waals surface area (Å²) in [5.41, 5.74) is 4.76. The van der Waals surface area contributed by atoms with Crippen LogP contribution in [0.25, 0.3) is 21.9 Å². The number of hydrogen-bond acceptors (Lipinski definition) is 6. The van der Waals surface area contributed by atoms with Crippen LogP contribution < -0.4 is 10.2 Å². The molecule has 3 heterocycles. The van der Waals surface area contributed by atoms with E-state index in [1.807, 2.05) is 30.3 Å². The summed E-state index contributed by atoms with van der Waals surface area (Å²) in [4.78, 5) is 33.1. The van der Waals surface area contributed by atoms with Gasteiger partial charge >= 0.3 is 6.09 Å². The summed E-state index contributed by atoms with van der Waals surface area (Å²) in [6.07, 6.45) is 2.14. The number of carbonyl (C=O) groups is 2. The Morgan fingerprint density at radius 2 is 1.90 bits per heavy atom. The van der Waals surface area contributed by atoms with Crippen LogP contribution in [0.4, 0.5) is 10.5 Å². The molecule has 0 saturated carbocycles. The molecule has 0 radical (unpaired) electrons. The van der Waals surface area contributed by atoms with Crippen molar-refractivity contribution in [2.45, 2.75) is 19.3 Å². The number of aromatic nitrogens is 1. The number of H-pyrrole nitrogens is 1. The van der Waals surface area contributed by atoms with Gasteiger partial charge in [-0.1, -0.05) is 0 Å². The average Bonchev–Trinajstić information content (AvgIpc) is 3.58. The van der Waals surface area contributed by atoms with Gasteiger partial charge in [-0.05, 0) is 74.3 Å². The van der Waals surface area contributed by atoms with Crippen molar-refractivity contribution < 1.29 is 19.1 Å². The molecule has 0 spiro atoms. The van der Waals surface area contributed by atoms with Crippen molar-refractivity contribution >= 4 is 39.6 Å². The second-order valence-electron chi connectivity index (χ2n) is 10.3. The minimum Gasteiger partial charge on any atom is -0.465 e. The lowest BCUT2D eigenvalue weighted by Crippen LogP contribution is -2.46. The first-order valence-electron chi connectivity index (χ1n) is 13.6. The Balaban J connectivity index is 1.08. The summed E-state index contributed by atoms with van der Waals surface area (Å²) < 4.78 is 5.78. The van der Waals surface area contributed by atoms with Crippen molar-refractivity contribution in [3.63, 3.8) is 0 Å². The minimum absolute atomic E-state index is 0.156. The first-order valence-corrected chi connectivity index (χ1v) is 13.6. The molecule has 10 nitrogen and oxygen atoms in total. The molecule has 0 bridgehead atoms. The third kappa shape index (κ3) is 6.38. The number of rotatable bonds is 10. The van der Waals surface area contributed by atoms with Crippen LogP contribution in [-0.4, -0.2) is 84.8 Å². The van der Waals surface area contributed by atoms with E-state index in [4.69, 9.17) is 14.8 Å². The minimum atomic E-state index is -1.11. The predicted molar refractivity (Wildman–Crippen MR) is 154 cm³/mol. The highest BCUT2D eigenvalue weighted by Crippen LogP contribution is 2.27. The summed E-state index contributed by atoms with van der Waals surface area (Å²) in [6, 6.07) is 17.9. The number of aromatic amines is 1. The van der Waals surface area contributed by atoms with Crippen molar-refractivity contribution in [2.75, 3.05) is 57.8 Å². The average molecular weight is 543 g/mol. The van der Waals surface area contributed by atoms with E-state index in [2.05, 4.69) is 38.3 Å². The number of amides is 2. The number of carbonyl (C=O) groups excluding carboxylic acids is 1. The van der Waals surface area contributed by atoms with Crippen molar-refractivity contribution in [1.82, 2.24) is 20.1 Å². The number of hydrogen-bond donors (Lipinski definition) is 3. The molecule has 208 valence electrons. The number of fused-ring (bicyclic) bond motifs is 2. The number of nitrogens with one attached hydrogen (secondary N) is 2. The van der Waals surface area contributed by atoms with E-state index in [0.29, 0.717) is 11.1 Å². The number of likely N-dealkylation sites (N-methyl/N-ethyl adjacent to an activating group) is 1. The molecule has 2 amide bonds. The maximum absolute atomic E-state index is 12.7. The first-order chi connectivity index (χ1) is 19.4. The van der Waals surface area contributed by atoms with E-state index in [-0.39, 0.29) is 24.8 Å². The lowest BCUT2D eigenvalue weighted by Gasteiger charge is -2.36. The van der Waals surface area contributed by atoms with Crippen LogP contribution in [0.5, 0.6) is 0 Å². The monoisotopic (exact) mass is 542 g/mol. The molecule has 10 heteroatoms. The second kappa shape index (κ2) is 12.1. The van der Waals surface area contributed by atoms with Crippen molar-refractivity contribution in [3.8, 4) is 6.07 Å². The van der Waals surface area contributed by atoms with Crippen molar-refractivity contribution in [1.29, 1.82) is 5.26 Å². The molecule has 2 aromatic heterocycles. The Labute approximate surface area is 232 Å². The van der Waals surface area contributed by atoms with Crippen LogP contribution in [-0.2, 0) is 6.42 Å². The lowest BCUT2D eigenvalue weighted by atomic mass is 10.1. The molecule has 1 fully saturated rings. The summed E-state index contributed by atoms with van der Waals surface area (Å²) in [7, 11) is 1.62. The SMILES string of the molecule is CN(CCNC(=O)O)C(=O)c1cc2cc(N3CCN(CCCCc4cc5cc(C#N)ccc5[nH]4)CC3)ccc2o1. The molecule has 0 atom stereocenters. The molecule has 2 aromatic carbocycles. The van der Waals surface area contributed by atoms with E-state index >= 15 is 0 Å². The number of benzene rings is 2. The van der Waals surface area contributed by atoms with Gasteiger partial charge in [-0.3, -0.25) is 9.69 Å². The summed E-state index contributed by atoms with van der Waals surface area (Å²) >= 11 is 0. The maximum atomic E-state index is 12.7. The fraction of sp³-hybridized carbons (Fsp3) is 0.367. The number of nitriles is 1. The van der Waals surface area contributed by atoms with E-state index in [1.165, 1.54) is 10.6 Å². The predicted octanol–water partition coefficient (Wildman–Crippen LogP) is 4.27. The van der Waals surface area contributed by atoms with Gasteiger partial charge in [0.2, 0.25) is 0 Å². The number of aryl methyl sites for hydroxylation is 1. The molecule has 5 rings (SSSR count). The fourth-order valence-corrected chi connectivity index (χ4v) is 5.23. The molecule has 40 heavy (non-hydrogen) atoms. The van der Waals surface area contributed by atoms with Crippen LogP contribution in [0, 0.1) is 11.3 Å². The molecule has 3 N–H and O–H groups in total. The van der Waals surface area contributed by atoms with Crippen LogP contribution in [0.1, 0.15) is 34.7 Å². The van der Waals surface area contributed by atoms with Gasteiger partial charge in [-0.15, -0.1) is 0 Å². The van der Waals surface area contributed by atoms with Crippen LogP contribution in [0.15, 0.2) is 52.9 Å². The quantitative estimate of drug-likeness (QED) is 0.255. The summed E-state index contributed by atoms with van der Waals surface area (Å²) in [5.74, 6) is -0.0367. The first kappa shape index (κ1) is 27.1. The Hall–Kier alpha value is -4.49. The number of carboxylic acid groups (broad SMARTS) is 1. The molecular formula is C30H34N6O4. The maximum Gasteiger partial charge on any atom is 0.404 e. The third-order valence-electron chi connectivity index (χ3n) is 7.49. The Bertz CT molecular complexity index is 1540. The number of nitrogens with zero attached hydrogens (tertiary/aromatic N) is 4. The molecule has 1 saturated heterocycles. The fourth-order valence-electron chi connectivity index (χ4n) is 5.23. The van der Waals surface area contributed by atoms with Gasteiger partial charge in [0.15, 0.2) is 5.76 Å². The molecule has 1 aliphatic heterocycles. The van der Waals surface area contributed by atoms with Gasteiger partial charge in [0, 0.05) is 74.0 Å². The second-order valence-corrected chi connectivity index (χ2v) is 10.3. The topological polar surface area (TPSA) is 129 Å². The Morgan fingerprint density at radius 1 is 1.07 bits per heavy atom. The van der Waals surface area contributed by atoms with Gasteiger partial charge in [0.25, 0.3) is 5.91 Å². The van der Waals surface area contributed by atoms with E-state index in [0.717, 1.165) is 74.0 Å². The summed E-state index contributed by atoms with van der Waals surface area (Å²) in [6.45, 7) is 5.38. The largest absolute Gasteiger partial charge is 0.465 e. The van der Waals surface area contributed by atoms with Crippen LogP contribution >= 0.6 is 0 Å². The normalized spacial score (nSPS) is 13.9. The number of piperazine rings is 1. The van der Waals surface area contributed by atoms with Gasteiger partial charge in [-0.25, -0.2) is 4.79 Å². The standard InChI is InChI=1S/C30H34N6O4/c1-34(11-9-32-30(38)39)29(37)28-19-23-18-25(6-8-27(23)40-28)36-14-12-35(13-15-36)10-3-2-4-24-17-22-16-21(20-31)5-7-26(22)33-24/h5-8,16-19,32-33H,2-4,9-15H2,1H3,(H,38,39). The van der Waals surface area contributed by atoms with Crippen LogP contribution in [0.2, 0.25) is 0 Å². The van der Waals surface area contributed by atoms with E-state index < -0.39 is 6.09 Å². The highest BCUT2D eigenvalue weighted by atomic mass is 16.4. The van der Waals surface area contributed by atoms with E-state index in [1.54, 1.807) is 13.1 Å². The Morgan fingerprint density at radius 3 is 2.67 bits per heavy atom. The van der Waals surface area contributed by atoms with Crippen molar-refractivity contribution in [3.05, 3.63) is 65.5 Å². The third-order valence-corrected chi connectivity index (χ3v) is 7.49. The van der Waals surface area contributed by atoms with Gasteiger partial charge < -0.3 is 29.6 Å². The molecule has 0 unspecified atom stereocenters. The van der Waals surface area contributed by atoms with Gasteiger partial charge in [0.1, 0.15) is 5.58 Å². The molecule has 0 aliphatic carbocycles.